The van der Waals surface area contributed by atoms with Crippen molar-refractivity contribution >= 4 is 15.8 Å². The highest BCUT2D eigenvalue weighted by Crippen LogP contribution is 2.10. The predicted octanol–water partition coefficient (Wildman–Crippen LogP) is 1.25. The van der Waals surface area contributed by atoms with E-state index in [0.29, 0.717) is 12.0 Å². The largest absolute Gasteiger partial charge is 0.481 e. The number of hydrogen-bond acceptors (Lipinski definition) is 3. The number of carboxylic acids is 1. The summed E-state index contributed by atoms with van der Waals surface area (Å²) < 4.78 is 22.2. The topological polar surface area (TPSA) is 71.4 Å². The van der Waals surface area contributed by atoms with Gasteiger partial charge in [0, 0.05) is 12.7 Å². The van der Waals surface area contributed by atoms with Gasteiger partial charge in [-0.25, -0.2) is 8.42 Å². The van der Waals surface area contributed by atoms with Gasteiger partial charge in [0.15, 0.2) is 9.84 Å². The van der Waals surface area contributed by atoms with E-state index in [9.17, 15) is 13.2 Å². The van der Waals surface area contributed by atoms with Crippen molar-refractivity contribution in [3.63, 3.8) is 0 Å². The maximum Gasteiger partial charge on any atom is 0.303 e. The fourth-order valence-corrected chi connectivity index (χ4v) is 2.21. The van der Waals surface area contributed by atoms with Crippen LogP contribution in [0.15, 0.2) is 24.3 Å². The fraction of sp³-hybridized carbons (Fsp3) is 0.364. The fourth-order valence-electron chi connectivity index (χ4n) is 1.43. The quantitative estimate of drug-likeness (QED) is 0.843. The number of benzene rings is 1. The van der Waals surface area contributed by atoms with Crippen LogP contribution in [0.2, 0.25) is 0 Å². The molecule has 0 aromatic heterocycles. The second kappa shape index (κ2) is 5.12. The average Bonchev–Trinajstić information content (AvgIpc) is 2.12. The summed E-state index contributed by atoms with van der Waals surface area (Å²) in [5.41, 5.74) is 1.55. The molecule has 0 aliphatic heterocycles. The molecule has 88 valence electrons. The minimum Gasteiger partial charge on any atom is -0.481 e. The molecule has 0 saturated heterocycles. The van der Waals surface area contributed by atoms with Crippen molar-refractivity contribution < 1.29 is 18.3 Å². The standard InChI is InChI=1S/C11H14O4S/c1-16(14,15)8-10-4-2-3-9(7-10)5-6-11(12)13/h2-4,7H,5-6,8H2,1H3,(H,12,13). The van der Waals surface area contributed by atoms with E-state index in [1.807, 2.05) is 0 Å². The molecule has 0 radical (unpaired) electrons. The Labute approximate surface area is 94.8 Å². The van der Waals surface area contributed by atoms with E-state index >= 15 is 0 Å². The normalized spacial score (nSPS) is 11.3. The zero-order valence-electron chi connectivity index (χ0n) is 9.01. The summed E-state index contributed by atoms with van der Waals surface area (Å²) in [6.45, 7) is 0. The van der Waals surface area contributed by atoms with Gasteiger partial charge >= 0.3 is 5.97 Å². The van der Waals surface area contributed by atoms with Crippen molar-refractivity contribution in [1.29, 1.82) is 0 Å². The molecule has 16 heavy (non-hydrogen) atoms. The second-order valence-electron chi connectivity index (χ2n) is 3.78. The first-order chi connectivity index (χ1) is 7.37. The van der Waals surface area contributed by atoms with Crippen LogP contribution < -0.4 is 0 Å². The molecule has 0 aliphatic rings. The van der Waals surface area contributed by atoms with Crippen molar-refractivity contribution in [3.05, 3.63) is 35.4 Å². The van der Waals surface area contributed by atoms with Crippen LogP contribution in [0.1, 0.15) is 17.5 Å². The van der Waals surface area contributed by atoms with Crippen molar-refractivity contribution in [2.75, 3.05) is 6.26 Å². The third kappa shape index (κ3) is 4.93. The van der Waals surface area contributed by atoms with Gasteiger partial charge in [-0.3, -0.25) is 4.79 Å². The Morgan fingerprint density at radius 2 is 1.94 bits per heavy atom. The molecule has 1 aromatic rings. The molecule has 0 atom stereocenters. The lowest BCUT2D eigenvalue weighted by Gasteiger charge is -2.03. The van der Waals surface area contributed by atoms with E-state index < -0.39 is 15.8 Å². The smallest absolute Gasteiger partial charge is 0.303 e. The molecule has 0 fully saturated rings. The second-order valence-corrected chi connectivity index (χ2v) is 5.92. The highest BCUT2D eigenvalue weighted by Gasteiger charge is 2.05. The van der Waals surface area contributed by atoms with E-state index in [1.165, 1.54) is 6.26 Å². The molecular formula is C11H14O4S. The van der Waals surface area contributed by atoms with Gasteiger partial charge in [0.1, 0.15) is 0 Å². The molecular weight excluding hydrogens is 228 g/mol. The Morgan fingerprint density at radius 1 is 1.31 bits per heavy atom. The predicted molar refractivity (Wildman–Crippen MR) is 60.9 cm³/mol. The van der Waals surface area contributed by atoms with E-state index in [-0.39, 0.29) is 12.2 Å². The van der Waals surface area contributed by atoms with Crippen molar-refractivity contribution in [2.24, 2.45) is 0 Å². The first-order valence-corrected chi connectivity index (χ1v) is 6.90. The minimum atomic E-state index is -3.04. The Hall–Kier alpha value is -1.36. The first-order valence-electron chi connectivity index (χ1n) is 4.84. The van der Waals surface area contributed by atoms with Crippen LogP contribution in [0, 0.1) is 0 Å². The van der Waals surface area contributed by atoms with Gasteiger partial charge in [0.2, 0.25) is 0 Å². The Kier molecular flexibility index (Phi) is 4.06. The SMILES string of the molecule is CS(=O)(=O)Cc1cccc(CCC(=O)O)c1. The Bertz CT molecular complexity index is 477. The van der Waals surface area contributed by atoms with Gasteiger partial charge < -0.3 is 5.11 Å². The lowest BCUT2D eigenvalue weighted by Crippen LogP contribution is -2.02. The number of hydrogen-bond donors (Lipinski definition) is 1. The molecule has 1 rings (SSSR count). The average molecular weight is 242 g/mol. The summed E-state index contributed by atoms with van der Waals surface area (Å²) in [6, 6.07) is 7.02. The molecule has 0 saturated carbocycles. The third-order valence-corrected chi connectivity index (χ3v) is 2.91. The van der Waals surface area contributed by atoms with Crippen LogP contribution in [0.4, 0.5) is 0 Å². The maximum absolute atomic E-state index is 11.1. The van der Waals surface area contributed by atoms with E-state index in [0.717, 1.165) is 5.56 Å². The van der Waals surface area contributed by atoms with Gasteiger partial charge in [0.25, 0.3) is 0 Å². The van der Waals surface area contributed by atoms with Crippen molar-refractivity contribution in [2.45, 2.75) is 18.6 Å². The molecule has 5 heteroatoms. The van der Waals surface area contributed by atoms with Crippen LogP contribution in [-0.2, 0) is 26.8 Å². The number of carboxylic acid groups (broad SMARTS) is 1. The van der Waals surface area contributed by atoms with Crippen LogP contribution in [0.5, 0.6) is 0 Å². The highest BCUT2D eigenvalue weighted by atomic mass is 32.2. The lowest BCUT2D eigenvalue weighted by atomic mass is 10.1. The van der Waals surface area contributed by atoms with Crippen LogP contribution in [0.25, 0.3) is 0 Å². The molecule has 4 nitrogen and oxygen atoms in total. The zero-order valence-corrected chi connectivity index (χ0v) is 9.83. The minimum absolute atomic E-state index is 0.00604. The Morgan fingerprint density at radius 3 is 2.50 bits per heavy atom. The number of aryl methyl sites for hydroxylation is 1. The molecule has 0 amide bonds. The van der Waals surface area contributed by atoms with Gasteiger partial charge in [-0.1, -0.05) is 24.3 Å². The van der Waals surface area contributed by atoms with Crippen LogP contribution >= 0.6 is 0 Å². The molecule has 1 N–H and O–H groups in total. The number of aliphatic carboxylic acids is 1. The summed E-state index contributed by atoms with van der Waals surface area (Å²) in [4.78, 5) is 10.4. The molecule has 0 spiro atoms. The molecule has 0 aliphatic carbocycles. The van der Waals surface area contributed by atoms with Crippen LogP contribution in [-0.4, -0.2) is 25.7 Å². The Balaban J connectivity index is 2.75. The molecule has 0 heterocycles. The lowest BCUT2D eigenvalue weighted by molar-refractivity contribution is -0.136. The zero-order chi connectivity index (χ0) is 12.2. The highest BCUT2D eigenvalue weighted by molar-refractivity contribution is 7.89. The van der Waals surface area contributed by atoms with Gasteiger partial charge in [-0.2, -0.15) is 0 Å². The summed E-state index contributed by atoms with van der Waals surface area (Å²) in [5, 5.41) is 8.53. The van der Waals surface area contributed by atoms with Crippen LogP contribution in [0.3, 0.4) is 0 Å². The van der Waals surface area contributed by atoms with Gasteiger partial charge in [-0.15, -0.1) is 0 Å². The number of sulfone groups is 1. The van der Waals surface area contributed by atoms with E-state index in [4.69, 9.17) is 5.11 Å². The van der Waals surface area contributed by atoms with Crippen molar-refractivity contribution in [1.82, 2.24) is 0 Å². The van der Waals surface area contributed by atoms with Crippen molar-refractivity contribution in [3.8, 4) is 0 Å². The summed E-state index contributed by atoms with van der Waals surface area (Å²) in [6.07, 6.45) is 1.66. The third-order valence-electron chi connectivity index (χ3n) is 2.05. The molecule has 1 aromatic carbocycles. The summed E-state index contributed by atoms with van der Waals surface area (Å²) in [5.74, 6) is -0.859. The molecule has 0 unspecified atom stereocenters. The van der Waals surface area contributed by atoms with E-state index in [2.05, 4.69) is 0 Å². The summed E-state index contributed by atoms with van der Waals surface area (Å²) >= 11 is 0. The maximum atomic E-state index is 11.1. The molecule has 0 bridgehead atoms. The number of rotatable bonds is 5. The van der Waals surface area contributed by atoms with E-state index in [1.54, 1.807) is 24.3 Å². The first kappa shape index (κ1) is 12.7. The number of carbonyl (C=O) groups is 1. The summed E-state index contributed by atoms with van der Waals surface area (Å²) in [7, 11) is -3.04. The van der Waals surface area contributed by atoms with Gasteiger partial charge in [0.05, 0.1) is 5.75 Å². The monoisotopic (exact) mass is 242 g/mol. The van der Waals surface area contributed by atoms with Gasteiger partial charge in [-0.05, 0) is 17.5 Å².